The lowest BCUT2D eigenvalue weighted by Gasteiger charge is -2.08. The van der Waals surface area contributed by atoms with E-state index in [4.69, 9.17) is 9.47 Å². The van der Waals surface area contributed by atoms with Gasteiger partial charge in [0.2, 0.25) is 0 Å². The predicted molar refractivity (Wildman–Crippen MR) is 83.8 cm³/mol. The Morgan fingerprint density at radius 1 is 1.00 bits per heavy atom. The van der Waals surface area contributed by atoms with Crippen molar-refractivity contribution in [2.45, 2.75) is 12.8 Å². The second kappa shape index (κ2) is 5.52. The van der Waals surface area contributed by atoms with Crippen LogP contribution in [0, 0.1) is 0 Å². The Kier molecular flexibility index (Phi) is 3.57. The normalized spacial score (nSPS) is 15.0. The zero-order chi connectivity index (χ0) is 14.8. The van der Waals surface area contributed by atoms with Crippen LogP contribution in [0.3, 0.4) is 0 Å². The monoisotopic (exact) mass is 282 g/mol. The molecule has 3 heteroatoms. The Morgan fingerprint density at radius 3 is 2.38 bits per heavy atom. The summed E-state index contributed by atoms with van der Waals surface area (Å²) in [6.07, 6.45) is 4.00. The number of aryl methyl sites for hydroxylation is 1. The molecule has 2 aromatic rings. The predicted octanol–water partition coefficient (Wildman–Crippen LogP) is 3.90. The van der Waals surface area contributed by atoms with Gasteiger partial charge in [0, 0.05) is 11.6 Å². The first-order chi connectivity index (χ1) is 10.2. The van der Waals surface area contributed by atoms with Gasteiger partial charge in [-0.15, -0.1) is 0 Å². The topological polar surface area (TPSA) is 38.7 Å². The van der Waals surface area contributed by atoms with Gasteiger partial charge in [0.1, 0.15) is 17.2 Å². The van der Waals surface area contributed by atoms with Crippen molar-refractivity contribution in [3.63, 3.8) is 0 Å². The molecule has 1 aliphatic carbocycles. The summed E-state index contributed by atoms with van der Waals surface area (Å²) >= 11 is 0. The number of benzene rings is 2. The number of ether oxygens (including phenoxy) is 2. The highest BCUT2D eigenvalue weighted by atomic mass is 16.5. The Balaban J connectivity index is 2.05. The SMILES string of the molecule is COc1cc(/C=C2\CCc3cccc(O)c32)cc(OC)c1. The Morgan fingerprint density at radius 2 is 1.71 bits per heavy atom. The molecule has 3 rings (SSSR count). The van der Waals surface area contributed by atoms with Crippen LogP contribution in [0.25, 0.3) is 11.6 Å². The highest BCUT2D eigenvalue weighted by Crippen LogP contribution is 2.39. The Labute approximate surface area is 124 Å². The highest BCUT2D eigenvalue weighted by molar-refractivity contribution is 5.88. The summed E-state index contributed by atoms with van der Waals surface area (Å²) in [5.41, 5.74) is 4.34. The zero-order valence-corrected chi connectivity index (χ0v) is 12.2. The molecule has 0 aliphatic heterocycles. The van der Waals surface area contributed by atoms with Gasteiger partial charge in [0.15, 0.2) is 0 Å². The molecule has 0 saturated carbocycles. The molecule has 1 N–H and O–H groups in total. The van der Waals surface area contributed by atoms with E-state index in [0.29, 0.717) is 5.75 Å². The van der Waals surface area contributed by atoms with Crippen molar-refractivity contribution in [1.29, 1.82) is 0 Å². The second-order valence-electron chi connectivity index (χ2n) is 5.13. The molecule has 0 bridgehead atoms. The number of phenolic OH excluding ortho intramolecular Hbond substituents is 1. The average molecular weight is 282 g/mol. The van der Waals surface area contributed by atoms with E-state index in [9.17, 15) is 5.11 Å². The maximum absolute atomic E-state index is 10.1. The molecule has 0 amide bonds. The molecule has 0 unspecified atom stereocenters. The summed E-state index contributed by atoms with van der Waals surface area (Å²) in [5.74, 6) is 1.87. The molecule has 0 heterocycles. The van der Waals surface area contributed by atoms with Gasteiger partial charge < -0.3 is 14.6 Å². The van der Waals surface area contributed by atoms with Gasteiger partial charge >= 0.3 is 0 Å². The van der Waals surface area contributed by atoms with Crippen LogP contribution >= 0.6 is 0 Å². The first-order valence-corrected chi connectivity index (χ1v) is 6.96. The van der Waals surface area contributed by atoms with Crippen molar-refractivity contribution in [1.82, 2.24) is 0 Å². The third-order valence-electron chi connectivity index (χ3n) is 3.83. The zero-order valence-electron chi connectivity index (χ0n) is 12.2. The maximum atomic E-state index is 10.1. The van der Waals surface area contributed by atoms with Crippen LogP contribution in [0.15, 0.2) is 36.4 Å². The molecular formula is C18H18O3. The van der Waals surface area contributed by atoms with E-state index in [1.807, 2.05) is 24.3 Å². The minimum absolute atomic E-state index is 0.353. The summed E-state index contributed by atoms with van der Waals surface area (Å²) in [5, 5.41) is 10.1. The van der Waals surface area contributed by atoms with Crippen LogP contribution in [0.4, 0.5) is 0 Å². The quantitative estimate of drug-likeness (QED) is 0.928. The van der Waals surface area contributed by atoms with Gasteiger partial charge in [-0.2, -0.15) is 0 Å². The number of methoxy groups -OCH3 is 2. The minimum Gasteiger partial charge on any atom is -0.507 e. The Bertz CT molecular complexity index is 679. The van der Waals surface area contributed by atoms with E-state index in [0.717, 1.165) is 41.0 Å². The van der Waals surface area contributed by atoms with Crippen LogP contribution in [0.1, 0.15) is 23.1 Å². The molecule has 0 saturated heterocycles. The van der Waals surface area contributed by atoms with Crippen molar-refractivity contribution in [2.24, 2.45) is 0 Å². The van der Waals surface area contributed by atoms with Crippen molar-refractivity contribution in [3.05, 3.63) is 53.1 Å². The van der Waals surface area contributed by atoms with Crippen molar-refractivity contribution >= 4 is 11.6 Å². The lowest BCUT2D eigenvalue weighted by atomic mass is 10.0. The second-order valence-corrected chi connectivity index (χ2v) is 5.13. The molecule has 0 spiro atoms. The average Bonchev–Trinajstić information content (AvgIpc) is 2.91. The van der Waals surface area contributed by atoms with Gasteiger partial charge in [-0.05, 0) is 47.7 Å². The largest absolute Gasteiger partial charge is 0.507 e. The van der Waals surface area contributed by atoms with E-state index in [2.05, 4.69) is 12.1 Å². The first-order valence-electron chi connectivity index (χ1n) is 6.96. The molecular weight excluding hydrogens is 264 g/mol. The molecule has 3 nitrogen and oxygen atoms in total. The fourth-order valence-electron chi connectivity index (χ4n) is 2.82. The number of fused-ring (bicyclic) bond motifs is 1. The third-order valence-corrected chi connectivity index (χ3v) is 3.83. The van der Waals surface area contributed by atoms with E-state index in [1.165, 1.54) is 5.56 Å². The van der Waals surface area contributed by atoms with E-state index >= 15 is 0 Å². The van der Waals surface area contributed by atoms with E-state index < -0.39 is 0 Å². The molecule has 0 aromatic heterocycles. The lowest BCUT2D eigenvalue weighted by Crippen LogP contribution is -1.89. The smallest absolute Gasteiger partial charge is 0.123 e. The summed E-state index contributed by atoms with van der Waals surface area (Å²) in [6, 6.07) is 11.5. The number of allylic oxidation sites excluding steroid dienone is 1. The van der Waals surface area contributed by atoms with Crippen LogP contribution < -0.4 is 9.47 Å². The summed E-state index contributed by atoms with van der Waals surface area (Å²) in [4.78, 5) is 0. The van der Waals surface area contributed by atoms with Crippen LogP contribution in [0.2, 0.25) is 0 Å². The van der Waals surface area contributed by atoms with Gasteiger partial charge in [-0.25, -0.2) is 0 Å². The van der Waals surface area contributed by atoms with Crippen LogP contribution in [-0.4, -0.2) is 19.3 Å². The van der Waals surface area contributed by atoms with Crippen LogP contribution in [-0.2, 0) is 6.42 Å². The maximum Gasteiger partial charge on any atom is 0.123 e. The standard InChI is InChI=1S/C18H18O3/c1-20-15-9-12(10-16(11-15)21-2)8-14-7-6-13-4-3-5-17(19)18(13)14/h3-5,8-11,19H,6-7H2,1-2H3/b14-8+. The van der Waals surface area contributed by atoms with Gasteiger partial charge in [0.05, 0.1) is 14.2 Å². The van der Waals surface area contributed by atoms with Gasteiger partial charge in [-0.3, -0.25) is 0 Å². The van der Waals surface area contributed by atoms with Crippen LogP contribution in [0.5, 0.6) is 17.2 Å². The minimum atomic E-state index is 0.353. The molecule has 21 heavy (non-hydrogen) atoms. The van der Waals surface area contributed by atoms with Crippen molar-refractivity contribution in [3.8, 4) is 17.2 Å². The molecule has 1 aliphatic rings. The van der Waals surface area contributed by atoms with Gasteiger partial charge in [0.25, 0.3) is 0 Å². The number of rotatable bonds is 3. The summed E-state index contributed by atoms with van der Waals surface area (Å²) < 4.78 is 10.6. The van der Waals surface area contributed by atoms with Crippen molar-refractivity contribution in [2.75, 3.05) is 14.2 Å². The molecule has 2 aromatic carbocycles. The number of aromatic hydroxyl groups is 1. The molecule has 108 valence electrons. The lowest BCUT2D eigenvalue weighted by molar-refractivity contribution is 0.394. The van der Waals surface area contributed by atoms with Gasteiger partial charge in [-0.1, -0.05) is 18.2 Å². The number of hydrogen-bond acceptors (Lipinski definition) is 3. The fraction of sp³-hybridized carbons (Fsp3) is 0.222. The summed E-state index contributed by atoms with van der Waals surface area (Å²) in [7, 11) is 3.28. The number of phenols is 1. The highest BCUT2D eigenvalue weighted by Gasteiger charge is 2.19. The van der Waals surface area contributed by atoms with Crippen molar-refractivity contribution < 1.29 is 14.6 Å². The molecule has 0 radical (unpaired) electrons. The van der Waals surface area contributed by atoms with E-state index in [1.54, 1.807) is 20.3 Å². The third kappa shape index (κ3) is 2.59. The van der Waals surface area contributed by atoms with E-state index in [-0.39, 0.29) is 0 Å². The first kappa shape index (κ1) is 13.6. The number of hydrogen-bond donors (Lipinski definition) is 1. The summed E-state index contributed by atoms with van der Waals surface area (Å²) in [6.45, 7) is 0. The molecule has 0 atom stereocenters. The fourth-order valence-corrected chi connectivity index (χ4v) is 2.82. The Hall–Kier alpha value is -2.42. The molecule has 0 fully saturated rings.